The molecule has 0 saturated carbocycles. The zero-order valence-electron chi connectivity index (χ0n) is 25.0. The summed E-state index contributed by atoms with van der Waals surface area (Å²) in [5, 5.41) is 0. The van der Waals surface area contributed by atoms with Gasteiger partial charge in [0.25, 0.3) is 0 Å². The molecule has 0 aliphatic carbocycles. The molecule has 0 aromatic heterocycles. The second-order valence-corrected chi connectivity index (χ2v) is 10.3. The molecule has 0 bridgehead atoms. The number of ether oxygens (including phenoxy) is 4. The maximum absolute atomic E-state index is 6.21. The van der Waals surface area contributed by atoms with E-state index >= 15 is 0 Å². The third kappa shape index (κ3) is 24.8. The van der Waals surface area contributed by atoms with Crippen molar-refractivity contribution in [2.24, 2.45) is 0 Å². The molecule has 0 fully saturated rings. The lowest BCUT2D eigenvalue weighted by molar-refractivity contribution is -0.0845. The quantitative estimate of drug-likeness (QED) is 0.0544. The first-order valence-corrected chi connectivity index (χ1v) is 16.0. The molecule has 0 radical (unpaired) electrons. The molecule has 0 aromatic rings. The lowest BCUT2D eigenvalue weighted by Crippen LogP contribution is -2.10. The Morgan fingerprint density at radius 1 is 0.389 bits per heavy atom. The Balaban J connectivity index is 4.46. The third-order valence-electron chi connectivity index (χ3n) is 6.63. The van der Waals surface area contributed by atoms with Crippen molar-refractivity contribution in [3.63, 3.8) is 0 Å². The van der Waals surface area contributed by atoms with Gasteiger partial charge in [-0.2, -0.15) is 0 Å². The first-order chi connectivity index (χ1) is 17.8. The Morgan fingerprint density at radius 3 is 1.31 bits per heavy atom. The second-order valence-electron chi connectivity index (χ2n) is 10.3. The Bertz CT molecular complexity index is 449. The van der Waals surface area contributed by atoms with Gasteiger partial charge in [-0.3, -0.25) is 0 Å². The lowest BCUT2D eigenvalue weighted by atomic mass is 10.1. The van der Waals surface area contributed by atoms with Crippen LogP contribution in [0.4, 0.5) is 0 Å². The first kappa shape index (κ1) is 35.1. The van der Waals surface area contributed by atoms with Gasteiger partial charge in [-0.05, 0) is 25.7 Å². The van der Waals surface area contributed by atoms with Crippen LogP contribution in [0.2, 0.25) is 0 Å². The number of hydrogen-bond acceptors (Lipinski definition) is 4. The van der Waals surface area contributed by atoms with E-state index in [1.165, 1.54) is 109 Å². The van der Waals surface area contributed by atoms with Gasteiger partial charge >= 0.3 is 5.95 Å². The van der Waals surface area contributed by atoms with Crippen molar-refractivity contribution in [3.8, 4) is 0 Å². The fourth-order valence-corrected chi connectivity index (χ4v) is 4.28. The van der Waals surface area contributed by atoms with E-state index in [1.54, 1.807) is 0 Å². The van der Waals surface area contributed by atoms with E-state index < -0.39 is 0 Å². The number of allylic oxidation sites excluding steroid dienone is 1. The van der Waals surface area contributed by atoms with E-state index in [0.717, 1.165) is 51.1 Å². The molecule has 0 unspecified atom stereocenters. The summed E-state index contributed by atoms with van der Waals surface area (Å²) in [6.45, 7) is 11.4. The van der Waals surface area contributed by atoms with Crippen molar-refractivity contribution in [2.45, 2.75) is 169 Å². The van der Waals surface area contributed by atoms with Crippen LogP contribution in [-0.2, 0) is 18.9 Å². The molecule has 0 aliphatic rings. The highest BCUT2D eigenvalue weighted by Crippen LogP contribution is 2.18. The summed E-state index contributed by atoms with van der Waals surface area (Å²) < 4.78 is 24.1. The molecule has 4 nitrogen and oxygen atoms in total. The average molecular weight is 513 g/mol. The largest absolute Gasteiger partial charge is 0.491 e. The van der Waals surface area contributed by atoms with E-state index in [0.29, 0.717) is 12.6 Å². The Kier molecular flexibility index (Phi) is 29.6. The van der Waals surface area contributed by atoms with Gasteiger partial charge in [0.15, 0.2) is 12.6 Å². The summed E-state index contributed by atoms with van der Waals surface area (Å²) >= 11 is 0. The van der Waals surface area contributed by atoms with Gasteiger partial charge in [-0.15, -0.1) is 0 Å². The Labute approximate surface area is 226 Å². The summed E-state index contributed by atoms with van der Waals surface area (Å²) in [5.41, 5.74) is 0. The smallest absolute Gasteiger partial charge is 0.321 e. The molecule has 216 valence electrons. The molecule has 0 amide bonds. The predicted molar refractivity (Wildman–Crippen MR) is 155 cm³/mol. The van der Waals surface area contributed by atoms with Crippen molar-refractivity contribution in [3.05, 3.63) is 11.7 Å². The molecular formula is C32H64O4. The van der Waals surface area contributed by atoms with Gasteiger partial charge < -0.3 is 18.9 Å². The van der Waals surface area contributed by atoms with E-state index in [4.69, 9.17) is 18.9 Å². The van der Waals surface area contributed by atoms with Crippen LogP contribution in [0.1, 0.15) is 169 Å². The van der Waals surface area contributed by atoms with Gasteiger partial charge in [-0.25, -0.2) is 0 Å². The number of hydrogen-bond donors (Lipinski definition) is 0. The average Bonchev–Trinajstić information content (AvgIpc) is 2.89. The topological polar surface area (TPSA) is 36.9 Å². The minimum Gasteiger partial charge on any atom is -0.491 e. The van der Waals surface area contributed by atoms with Crippen LogP contribution in [0.3, 0.4) is 0 Å². The molecule has 0 aromatic carbocycles. The van der Waals surface area contributed by atoms with Crippen LogP contribution in [-0.4, -0.2) is 26.6 Å². The zero-order valence-corrected chi connectivity index (χ0v) is 25.0. The number of rotatable bonds is 30. The second kappa shape index (κ2) is 30.3. The predicted octanol–water partition coefficient (Wildman–Crippen LogP) is 10.8. The van der Waals surface area contributed by atoms with Crippen molar-refractivity contribution in [1.29, 1.82) is 0 Å². The monoisotopic (exact) mass is 512 g/mol. The molecule has 4 heteroatoms. The Hall–Kier alpha value is -0.900. The van der Waals surface area contributed by atoms with Crippen molar-refractivity contribution in [1.82, 2.24) is 0 Å². The van der Waals surface area contributed by atoms with E-state index in [-0.39, 0.29) is 6.79 Å². The van der Waals surface area contributed by atoms with Gasteiger partial charge in [0.2, 0.25) is 0 Å². The Morgan fingerprint density at radius 2 is 0.806 bits per heavy atom. The zero-order chi connectivity index (χ0) is 26.4. The van der Waals surface area contributed by atoms with Crippen LogP contribution < -0.4 is 0 Å². The van der Waals surface area contributed by atoms with Gasteiger partial charge in [-0.1, -0.05) is 137 Å². The minimum absolute atomic E-state index is 0.243. The highest BCUT2D eigenvalue weighted by atomic mass is 16.7. The van der Waals surface area contributed by atoms with Crippen LogP contribution in [0, 0.1) is 0 Å². The highest BCUT2D eigenvalue weighted by molar-refractivity contribution is 4.95. The first-order valence-electron chi connectivity index (χ1n) is 16.0. The van der Waals surface area contributed by atoms with Crippen molar-refractivity contribution >= 4 is 0 Å². The molecule has 0 aliphatic heterocycles. The summed E-state index contributed by atoms with van der Waals surface area (Å²) in [4.78, 5) is 0. The SMILES string of the molecule is CCCCCCCCCCOC(CCC)=C(OCCCCCCCCCC)OCOCCCCCC. The van der Waals surface area contributed by atoms with Gasteiger partial charge in [0, 0.05) is 6.42 Å². The fourth-order valence-electron chi connectivity index (χ4n) is 4.28. The van der Waals surface area contributed by atoms with Crippen LogP contribution in [0.25, 0.3) is 0 Å². The number of unbranched alkanes of at least 4 members (excludes halogenated alkanes) is 17. The minimum atomic E-state index is 0.243. The highest BCUT2D eigenvalue weighted by Gasteiger charge is 2.12. The van der Waals surface area contributed by atoms with Gasteiger partial charge in [0.05, 0.1) is 19.8 Å². The third-order valence-corrected chi connectivity index (χ3v) is 6.63. The molecule has 0 atom stereocenters. The summed E-state index contributed by atoms with van der Waals surface area (Å²) in [6, 6.07) is 0. The van der Waals surface area contributed by atoms with E-state index in [1.807, 2.05) is 0 Å². The molecule has 36 heavy (non-hydrogen) atoms. The molecule has 0 spiro atoms. The van der Waals surface area contributed by atoms with Crippen molar-refractivity contribution in [2.75, 3.05) is 26.6 Å². The van der Waals surface area contributed by atoms with Crippen LogP contribution >= 0.6 is 0 Å². The van der Waals surface area contributed by atoms with Crippen LogP contribution in [0.5, 0.6) is 0 Å². The van der Waals surface area contributed by atoms with Gasteiger partial charge in [0.1, 0.15) is 0 Å². The standard InChI is InChI=1S/C32H64O4/c1-5-9-12-15-17-19-21-24-28-34-31(26-8-4)32(36-30-33-27-23-14-11-7-3)35-29-25-22-20-18-16-13-10-6-2/h5-30H2,1-4H3. The summed E-state index contributed by atoms with van der Waals surface area (Å²) in [5.74, 6) is 1.43. The molecule has 0 heterocycles. The summed E-state index contributed by atoms with van der Waals surface area (Å²) in [6.07, 6.45) is 27.5. The lowest BCUT2D eigenvalue weighted by Gasteiger charge is -2.18. The normalized spacial score (nSPS) is 12.0. The maximum Gasteiger partial charge on any atom is 0.321 e. The summed E-state index contributed by atoms with van der Waals surface area (Å²) in [7, 11) is 0. The molecule has 0 N–H and O–H groups in total. The fraction of sp³-hybridized carbons (Fsp3) is 0.938. The van der Waals surface area contributed by atoms with E-state index in [2.05, 4.69) is 27.7 Å². The molecule has 0 saturated heterocycles. The maximum atomic E-state index is 6.21. The molecule has 0 rings (SSSR count). The van der Waals surface area contributed by atoms with E-state index in [9.17, 15) is 0 Å². The van der Waals surface area contributed by atoms with Crippen molar-refractivity contribution < 1.29 is 18.9 Å². The molecular weight excluding hydrogens is 448 g/mol. The van der Waals surface area contributed by atoms with Crippen LogP contribution in [0.15, 0.2) is 11.7 Å².